The van der Waals surface area contributed by atoms with Crippen molar-refractivity contribution in [1.82, 2.24) is 4.98 Å². The number of nitrogens with two attached hydrogens (primary N) is 2. The van der Waals surface area contributed by atoms with Crippen LogP contribution in [-0.4, -0.2) is 17.6 Å². The molecule has 0 radical (unpaired) electrons. The average molecular weight is 187 g/mol. The first-order chi connectivity index (χ1) is 5.65. The maximum Gasteiger partial charge on any atom is 0.360 e. The SMILES string of the molecule is CCOC(=O)c1nc(N)sc1N. The molecule has 0 bridgehead atoms. The number of ether oxygens (including phenoxy) is 1. The van der Waals surface area contributed by atoms with Gasteiger partial charge in [0.1, 0.15) is 5.00 Å². The first-order valence-corrected chi connectivity index (χ1v) is 4.15. The fourth-order valence-corrected chi connectivity index (χ4v) is 1.28. The monoisotopic (exact) mass is 187 g/mol. The quantitative estimate of drug-likeness (QED) is 0.657. The number of aromatic nitrogens is 1. The minimum absolute atomic E-state index is 0.111. The van der Waals surface area contributed by atoms with Gasteiger partial charge in [-0.05, 0) is 6.92 Å². The van der Waals surface area contributed by atoms with E-state index in [1.807, 2.05) is 0 Å². The Kier molecular flexibility index (Phi) is 2.49. The molecule has 66 valence electrons. The van der Waals surface area contributed by atoms with E-state index in [4.69, 9.17) is 16.2 Å². The molecule has 0 aromatic carbocycles. The van der Waals surface area contributed by atoms with Gasteiger partial charge >= 0.3 is 5.97 Å². The first kappa shape index (κ1) is 8.79. The number of anilines is 2. The maximum atomic E-state index is 11.1. The molecule has 5 nitrogen and oxygen atoms in total. The molecule has 1 heterocycles. The van der Waals surface area contributed by atoms with Gasteiger partial charge in [-0.15, -0.1) is 0 Å². The lowest BCUT2D eigenvalue weighted by Crippen LogP contribution is -2.07. The summed E-state index contributed by atoms with van der Waals surface area (Å²) >= 11 is 1.07. The van der Waals surface area contributed by atoms with Crippen LogP contribution < -0.4 is 11.5 Å². The summed E-state index contributed by atoms with van der Waals surface area (Å²) in [6.07, 6.45) is 0. The zero-order valence-corrected chi connectivity index (χ0v) is 7.35. The highest BCUT2D eigenvalue weighted by molar-refractivity contribution is 7.19. The van der Waals surface area contributed by atoms with E-state index in [1.165, 1.54) is 0 Å². The largest absolute Gasteiger partial charge is 0.461 e. The zero-order valence-electron chi connectivity index (χ0n) is 6.53. The predicted molar refractivity (Wildman–Crippen MR) is 46.9 cm³/mol. The van der Waals surface area contributed by atoms with Gasteiger partial charge in [0.2, 0.25) is 0 Å². The van der Waals surface area contributed by atoms with E-state index in [-0.39, 0.29) is 10.8 Å². The van der Waals surface area contributed by atoms with Crippen molar-refractivity contribution < 1.29 is 9.53 Å². The Hall–Kier alpha value is -1.30. The van der Waals surface area contributed by atoms with Gasteiger partial charge in [-0.25, -0.2) is 9.78 Å². The molecular formula is C6H9N3O2S. The number of rotatable bonds is 2. The third kappa shape index (κ3) is 1.65. The molecule has 4 N–H and O–H groups in total. The Labute approximate surface area is 73.3 Å². The van der Waals surface area contributed by atoms with Crippen LogP contribution >= 0.6 is 11.3 Å². The van der Waals surface area contributed by atoms with Gasteiger partial charge in [0, 0.05) is 0 Å². The van der Waals surface area contributed by atoms with Crippen LogP contribution in [0.1, 0.15) is 17.4 Å². The van der Waals surface area contributed by atoms with Crippen LogP contribution in [0.15, 0.2) is 0 Å². The Morgan fingerprint density at radius 1 is 1.67 bits per heavy atom. The molecule has 0 aliphatic heterocycles. The van der Waals surface area contributed by atoms with Crippen molar-refractivity contribution in [2.24, 2.45) is 0 Å². The molecule has 0 saturated carbocycles. The summed E-state index contributed by atoms with van der Waals surface area (Å²) in [5.41, 5.74) is 10.9. The number of nitrogens with zero attached hydrogens (tertiary/aromatic N) is 1. The molecule has 0 aliphatic carbocycles. The standard InChI is InChI=1S/C6H9N3O2S/c1-2-11-5(10)3-4(7)12-6(8)9-3/h2,7H2,1H3,(H2,8,9). The minimum Gasteiger partial charge on any atom is -0.461 e. The highest BCUT2D eigenvalue weighted by Gasteiger charge is 2.15. The number of thiazole rings is 1. The smallest absolute Gasteiger partial charge is 0.360 e. The Morgan fingerprint density at radius 3 is 2.75 bits per heavy atom. The minimum atomic E-state index is -0.525. The molecule has 1 rings (SSSR count). The third-order valence-electron chi connectivity index (χ3n) is 1.14. The van der Waals surface area contributed by atoms with Crippen LogP contribution in [0.2, 0.25) is 0 Å². The topological polar surface area (TPSA) is 91.2 Å². The molecule has 0 aliphatic rings. The number of esters is 1. The number of hydrogen-bond donors (Lipinski definition) is 2. The lowest BCUT2D eigenvalue weighted by molar-refractivity contribution is 0.0522. The third-order valence-corrected chi connectivity index (χ3v) is 1.85. The van der Waals surface area contributed by atoms with E-state index in [0.717, 1.165) is 11.3 Å². The van der Waals surface area contributed by atoms with Crippen molar-refractivity contribution in [3.05, 3.63) is 5.69 Å². The van der Waals surface area contributed by atoms with Gasteiger partial charge in [-0.3, -0.25) is 0 Å². The molecule has 0 amide bonds. The van der Waals surface area contributed by atoms with Crippen LogP contribution in [0, 0.1) is 0 Å². The zero-order chi connectivity index (χ0) is 9.14. The van der Waals surface area contributed by atoms with Crippen LogP contribution in [0.5, 0.6) is 0 Å². The summed E-state index contributed by atoms with van der Waals surface area (Å²) in [6, 6.07) is 0. The molecule has 0 unspecified atom stereocenters. The summed E-state index contributed by atoms with van der Waals surface area (Å²) in [5.74, 6) is -0.525. The van der Waals surface area contributed by atoms with Gasteiger partial charge in [0.05, 0.1) is 6.61 Å². The van der Waals surface area contributed by atoms with Crippen molar-refractivity contribution in [2.45, 2.75) is 6.92 Å². The second kappa shape index (κ2) is 3.40. The highest BCUT2D eigenvalue weighted by atomic mass is 32.1. The molecule has 0 fully saturated rings. The molecule has 1 aromatic heterocycles. The van der Waals surface area contributed by atoms with Crippen molar-refractivity contribution in [2.75, 3.05) is 18.1 Å². The predicted octanol–water partition coefficient (Wildman–Crippen LogP) is 0.484. The van der Waals surface area contributed by atoms with Gasteiger partial charge in [0.15, 0.2) is 10.8 Å². The Balaban J connectivity index is 2.87. The van der Waals surface area contributed by atoms with Crippen LogP contribution in [0.25, 0.3) is 0 Å². The molecule has 0 atom stereocenters. The number of carbonyl (C=O) groups excluding carboxylic acids is 1. The summed E-state index contributed by atoms with van der Waals surface area (Å²) in [7, 11) is 0. The summed E-state index contributed by atoms with van der Waals surface area (Å²) in [4.78, 5) is 14.8. The van der Waals surface area contributed by atoms with Gasteiger partial charge in [-0.1, -0.05) is 11.3 Å². The highest BCUT2D eigenvalue weighted by Crippen LogP contribution is 2.22. The van der Waals surface area contributed by atoms with E-state index in [0.29, 0.717) is 11.6 Å². The maximum absolute atomic E-state index is 11.1. The van der Waals surface area contributed by atoms with E-state index in [9.17, 15) is 4.79 Å². The molecule has 1 aromatic rings. The number of carbonyl (C=O) groups is 1. The van der Waals surface area contributed by atoms with E-state index >= 15 is 0 Å². The molecular weight excluding hydrogens is 178 g/mol. The lowest BCUT2D eigenvalue weighted by atomic mass is 10.5. The van der Waals surface area contributed by atoms with Crippen molar-refractivity contribution in [3.63, 3.8) is 0 Å². The Morgan fingerprint density at radius 2 is 2.33 bits per heavy atom. The summed E-state index contributed by atoms with van der Waals surface area (Å²) < 4.78 is 4.69. The summed E-state index contributed by atoms with van der Waals surface area (Å²) in [5, 5.41) is 0.571. The average Bonchev–Trinajstić information content (AvgIpc) is 2.30. The second-order valence-corrected chi connectivity index (χ2v) is 3.05. The number of hydrogen-bond acceptors (Lipinski definition) is 6. The normalized spacial score (nSPS) is 9.75. The molecule has 0 spiro atoms. The first-order valence-electron chi connectivity index (χ1n) is 3.34. The lowest BCUT2D eigenvalue weighted by Gasteiger charge is -1.97. The Bertz CT molecular complexity index is 297. The fraction of sp³-hybridized carbons (Fsp3) is 0.333. The molecule has 12 heavy (non-hydrogen) atoms. The van der Waals surface area contributed by atoms with Crippen molar-refractivity contribution >= 4 is 27.4 Å². The summed E-state index contributed by atoms with van der Waals surface area (Å²) in [6.45, 7) is 2.01. The fourth-order valence-electron chi connectivity index (χ4n) is 0.695. The second-order valence-electron chi connectivity index (χ2n) is 1.99. The van der Waals surface area contributed by atoms with Crippen LogP contribution in [0.4, 0.5) is 10.1 Å². The molecule has 0 saturated heterocycles. The van der Waals surface area contributed by atoms with Gasteiger partial charge in [0.25, 0.3) is 0 Å². The molecule has 6 heteroatoms. The van der Waals surface area contributed by atoms with E-state index in [2.05, 4.69) is 4.98 Å². The van der Waals surface area contributed by atoms with Crippen molar-refractivity contribution in [3.8, 4) is 0 Å². The van der Waals surface area contributed by atoms with E-state index in [1.54, 1.807) is 6.92 Å². The van der Waals surface area contributed by atoms with Crippen molar-refractivity contribution in [1.29, 1.82) is 0 Å². The van der Waals surface area contributed by atoms with Crippen LogP contribution in [0.3, 0.4) is 0 Å². The van der Waals surface area contributed by atoms with Crippen LogP contribution in [-0.2, 0) is 4.74 Å². The van der Waals surface area contributed by atoms with E-state index < -0.39 is 5.97 Å². The van der Waals surface area contributed by atoms with Gasteiger partial charge < -0.3 is 16.2 Å². The number of nitrogen functional groups attached to an aromatic ring is 2. The van der Waals surface area contributed by atoms with Gasteiger partial charge in [-0.2, -0.15) is 0 Å².